The van der Waals surface area contributed by atoms with E-state index < -0.39 is 10.8 Å². The highest BCUT2D eigenvalue weighted by molar-refractivity contribution is 6.00. The number of nitrogens with two attached hydrogens (primary N) is 1. The average Bonchev–Trinajstić information content (AvgIpc) is 2.96. The standard InChI is InChI=1S/C11H12N6O3/c12-16-9-3-1-2-8(10(9)17(19)20)11(18)14-5-7-4-13-6-15-7/h1-4,6,16H,5,12H2,(H,13,15)(H,14,18). The van der Waals surface area contributed by atoms with Crippen LogP contribution in [0, 0.1) is 10.1 Å². The van der Waals surface area contributed by atoms with Gasteiger partial charge >= 0.3 is 5.69 Å². The Morgan fingerprint density at radius 1 is 1.50 bits per heavy atom. The largest absolute Gasteiger partial charge is 0.347 e. The van der Waals surface area contributed by atoms with Gasteiger partial charge in [-0.25, -0.2) is 4.98 Å². The number of rotatable bonds is 5. The summed E-state index contributed by atoms with van der Waals surface area (Å²) < 4.78 is 0. The van der Waals surface area contributed by atoms with Gasteiger partial charge in [-0.1, -0.05) is 6.07 Å². The van der Waals surface area contributed by atoms with E-state index >= 15 is 0 Å². The number of benzene rings is 1. The number of imidazole rings is 1. The van der Waals surface area contributed by atoms with Crippen molar-refractivity contribution in [2.24, 2.45) is 5.84 Å². The highest BCUT2D eigenvalue weighted by atomic mass is 16.6. The quantitative estimate of drug-likeness (QED) is 0.357. The number of anilines is 1. The van der Waals surface area contributed by atoms with Crippen LogP contribution in [-0.2, 0) is 6.54 Å². The molecule has 0 saturated heterocycles. The van der Waals surface area contributed by atoms with Crippen LogP contribution in [0.3, 0.4) is 0 Å². The third kappa shape index (κ3) is 2.72. The number of aromatic nitrogens is 2. The van der Waals surface area contributed by atoms with E-state index in [-0.39, 0.29) is 23.5 Å². The molecule has 1 aromatic carbocycles. The number of carbonyl (C=O) groups is 1. The van der Waals surface area contributed by atoms with Crippen LogP contribution in [0.2, 0.25) is 0 Å². The number of nitro benzene ring substituents is 1. The zero-order chi connectivity index (χ0) is 14.5. The van der Waals surface area contributed by atoms with Gasteiger partial charge in [-0.2, -0.15) is 0 Å². The molecule has 20 heavy (non-hydrogen) atoms. The summed E-state index contributed by atoms with van der Waals surface area (Å²) in [6.45, 7) is 0.191. The number of carbonyl (C=O) groups excluding carboxylic acids is 1. The molecule has 0 spiro atoms. The first-order chi connectivity index (χ1) is 9.63. The molecule has 104 valence electrons. The lowest BCUT2D eigenvalue weighted by Crippen LogP contribution is -2.24. The summed E-state index contributed by atoms with van der Waals surface area (Å²) in [6.07, 6.45) is 3.02. The molecule has 0 aliphatic heterocycles. The van der Waals surface area contributed by atoms with Gasteiger partial charge in [0, 0.05) is 6.20 Å². The highest BCUT2D eigenvalue weighted by Crippen LogP contribution is 2.27. The first-order valence-electron chi connectivity index (χ1n) is 5.63. The van der Waals surface area contributed by atoms with Crippen molar-refractivity contribution in [3.05, 3.63) is 52.1 Å². The lowest BCUT2D eigenvalue weighted by Gasteiger charge is -2.07. The molecule has 0 radical (unpaired) electrons. The summed E-state index contributed by atoms with van der Waals surface area (Å²) in [7, 11) is 0. The topological polar surface area (TPSA) is 139 Å². The zero-order valence-corrected chi connectivity index (χ0v) is 10.3. The number of nitro groups is 1. The Balaban J connectivity index is 2.23. The maximum absolute atomic E-state index is 12.0. The van der Waals surface area contributed by atoms with Crippen LogP contribution in [0.5, 0.6) is 0 Å². The Hall–Kier alpha value is -2.94. The summed E-state index contributed by atoms with van der Waals surface area (Å²) in [5, 5.41) is 13.6. The lowest BCUT2D eigenvalue weighted by molar-refractivity contribution is -0.384. The number of aromatic amines is 1. The number of hydrazine groups is 1. The fourth-order valence-corrected chi connectivity index (χ4v) is 1.69. The Bertz CT molecular complexity index is 625. The number of H-pyrrole nitrogens is 1. The summed E-state index contributed by atoms with van der Waals surface area (Å²) >= 11 is 0. The molecule has 0 fully saturated rings. The number of nitrogens with one attached hydrogen (secondary N) is 3. The third-order valence-electron chi connectivity index (χ3n) is 2.61. The Morgan fingerprint density at radius 3 is 2.90 bits per heavy atom. The van der Waals surface area contributed by atoms with E-state index in [1.807, 2.05) is 0 Å². The van der Waals surface area contributed by atoms with Gasteiger partial charge in [0.05, 0.1) is 23.5 Å². The van der Waals surface area contributed by atoms with Crippen LogP contribution >= 0.6 is 0 Å². The summed E-state index contributed by atoms with van der Waals surface area (Å²) in [5.74, 6) is 4.64. The second-order valence-electron chi connectivity index (χ2n) is 3.86. The van der Waals surface area contributed by atoms with Gasteiger partial charge in [0.15, 0.2) is 0 Å². The second-order valence-corrected chi connectivity index (χ2v) is 3.86. The third-order valence-corrected chi connectivity index (χ3v) is 2.61. The molecule has 0 unspecified atom stereocenters. The van der Waals surface area contributed by atoms with E-state index in [2.05, 4.69) is 20.7 Å². The van der Waals surface area contributed by atoms with Crippen molar-refractivity contribution >= 4 is 17.3 Å². The van der Waals surface area contributed by atoms with E-state index in [1.54, 1.807) is 6.20 Å². The molecule has 0 saturated carbocycles. The Labute approximate surface area is 113 Å². The molecule has 2 aromatic rings. The minimum Gasteiger partial charge on any atom is -0.347 e. The lowest BCUT2D eigenvalue weighted by atomic mass is 10.1. The fraction of sp³-hybridized carbons (Fsp3) is 0.0909. The number of para-hydroxylation sites is 1. The summed E-state index contributed by atoms with van der Waals surface area (Å²) in [4.78, 5) is 29.0. The predicted octanol–water partition coefficient (Wildman–Crippen LogP) is 0.533. The van der Waals surface area contributed by atoms with Gasteiger partial charge in [0.2, 0.25) is 0 Å². The molecule has 0 bridgehead atoms. The number of amides is 1. The van der Waals surface area contributed by atoms with E-state index in [0.717, 1.165) is 0 Å². The van der Waals surface area contributed by atoms with E-state index in [0.29, 0.717) is 5.69 Å². The van der Waals surface area contributed by atoms with E-state index in [4.69, 9.17) is 5.84 Å². The van der Waals surface area contributed by atoms with Gasteiger partial charge < -0.3 is 15.7 Å². The van der Waals surface area contributed by atoms with Crippen LogP contribution in [0.4, 0.5) is 11.4 Å². The Morgan fingerprint density at radius 2 is 2.30 bits per heavy atom. The number of nitrogen functional groups attached to an aromatic ring is 1. The first kappa shape index (κ1) is 13.5. The molecular weight excluding hydrogens is 264 g/mol. The van der Waals surface area contributed by atoms with Crippen molar-refractivity contribution in [1.82, 2.24) is 15.3 Å². The van der Waals surface area contributed by atoms with E-state index in [1.165, 1.54) is 24.5 Å². The molecule has 1 aromatic heterocycles. The van der Waals surface area contributed by atoms with Crippen molar-refractivity contribution in [1.29, 1.82) is 0 Å². The van der Waals surface area contributed by atoms with Gasteiger partial charge in [-0.3, -0.25) is 20.8 Å². The van der Waals surface area contributed by atoms with Crippen molar-refractivity contribution in [2.75, 3.05) is 5.43 Å². The summed E-state index contributed by atoms with van der Waals surface area (Å²) in [6, 6.07) is 4.29. The molecule has 0 atom stereocenters. The SMILES string of the molecule is NNc1cccc(C(=O)NCc2cnc[nH]2)c1[N+](=O)[O-]. The normalized spacial score (nSPS) is 10.1. The van der Waals surface area contributed by atoms with Crippen molar-refractivity contribution in [3.63, 3.8) is 0 Å². The molecule has 0 aliphatic rings. The molecule has 1 amide bonds. The monoisotopic (exact) mass is 276 g/mol. The van der Waals surface area contributed by atoms with Gasteiger partial charge in [0.25, 0.3) is 5.91 Å². The first-order valence-corrected chi connectivity index (χ1v) is 5.63. The van der Waals surface area contributed by atoms with Crippen molar-refractivity contribution in [2.45, 2.75) is 6.54 Å². The van der Waals surface area contributed by atoms with Crippen molar-refractivity contribution in [3.8, 4) is 0 Å². The average molecular weight is 276 g/mol. The smallest absolute Gasteiger partial charge is 0.306 e. The van der Waals surface area contributed by atoms with Crippen LogP contribution < -0.4 is 16.6 Å². The molecule has 0 aliphatic carbocycles. The van der Waals surface area contributed by atoms with Gasteiger partial charge in [0.1, 0.15) is 11.3 Å². The molecule has 2 rings (SSSR count). The fourth-order valence-electron chi connectivity index (χ4n) is 1.69. The minimum absolute atomic E-state index is 0.0648. The van der Waals surface area contributed by atoms with Crippen LogP contribution in [-0.4, -0.2) is 20.8 Å². The van der Waals surface area contributed by atoms with Crippen LogP contribution in [0.1, 0.15) is 16.1 Å². The van der Waals surface area contributed by atoms with Gasteiger partial charge in [-0.15, -0.1) is 0 Å². The van der Waals surface area contributed by atoms with Gasteiger partial charge in [-0.05, 0) is 12.1 Å². The number of hydrogen-bond donors (Lipinski definition) is 4. The predicted molar refractivity (Wildman–Crippen MR) is 70.7 cm³/mol. The zero-order valence-electron chi connectivity index (χ0n) is 10.3. The number of nitrogens with zero attached hydrogens (tertiary/aromatic N) is 2. The molecular formula is C11H12N6O3. The summed E-state index contributed by atoms with van der Waals surface area (Å²) in [5.41, 5.74) is 2.54. The minimum atomic E-state index is -0.652. The van der Waals surface area contributed by atoms with Crippen molar-refractivity contribution < 1.29 is 9.72 Å². The molecule has 9 nitrogen and oxygen atoms in total. The second kappa shape index (κ2) is 5.80. The number of hydrogen-bond acceptors (Lipinski definition) is 6. The van der Waals surface area contributed by atoms with E-state index in [9.17, 15) is 14.9 Å². The highest BCUT2D eigenvalue weighted by Gasteiger charge is 2.23. The molecule has 9 heteroatoms. The maximum Gasteiger partial charge on any atom is 0.306 e. The molecule has 5 N–H and O–H groups in total. The molecule has 1 heterocycles. The van der Waals surface area contributed by atoms with Crippen LogP contribution in [0.25, 0.3) is 0 Å². The Kier molecular flexibility index (Phi) is 3.91. The van der Waals surface area contributed by atoms with Crippen LogP contribution in [0.15, 0.2) is 30.7 Å². The maximum atomic E-state index is 12.0.